The molecule has 1 N–H and O–H groups in total. The lowest BCUT2D eigenvalue weighted by Crippen LogP contribution is -2.61. The van der Waals surface area contributed by atoms with Crippen molar-refractivity contribution in [1.29, 1.82) is 0 Å². The van der Waals surface area contributed by atoms with Crippen LogP contribution in [0.4, 0.5) is 0 Å². The maximum Gasteiger partial charge on any atom is 0.271 e. The minimum absolute atomic E-state index is 0.163. The van der Waals surface area contributed by atoms with E-state index in [9.17, 15) is 13.5 Å². The average Bonchev–Trinajstić information content (AvgIpc) is 3.06. The van der Waals surface area contributed by atoms with Crippen LogP contribution in [0, 0.1) is 0 Å². The summed E-state index contributed by atoms with van der Waals surface area (Å²) in [5.74, 6) is 0. The van der Waals surface area contributed by atoms with Gasteiger partial charge in [-0.25, -0.2) is 0 Å². The van der Waals surface area contributed by atoms with Gasteiger partial charge in [0.05, 0.1) is 27.8 Å². The Balaban J connectivity index is 1.39. The van der Waals surface area contributed by atoms with Gasteiger partial charge in [0.15, 0.2) is 6.29 Å². The van der Waals surface area contributed by atoms with Gasteiger partial charge in [-0.05, 0) is 22.3 Å². The molecule has 0 bridgehead atoms. The first-order valence-electron chi connectivity index (χ1n) is 14.6. The smallest absolute Gasteiger partial charge is 0.271 e. The van der Waals surface area contributed by atoms with Crippen molar-refractivity contribution < 1.29 is 38.0 Å². The highest BCUT2D eigenvalue weighted by Crippen LogP contribution is 2.30. The highest BCUT2D eigenvalue weighted by atomic mass is 32.2. The first-order valence-corrected chi connectivity index (χ1v) is 15.5. The largest absolute Gasteiger partial charge is 0.368 e. The van der Waals surface area contributed by atoms with Gasteiger partial charge in [-0.1, -0.05) is 121 Å². The van der Waals surface area contributed by atoms with E-state index in [-0.39, 0.29) is 25.4 Å². The Morgan fingerprint density at radius 3 is 1.47 bits per heavy atom. The molecule has 4 aromatic rings. The number of hydrogen-bond acceptors (Lipinski definition) is 8. The van der Waals surface area contributed by atoms with Crippen molar-refractivity contribution in [1.82, 2.24) is 0 Å². The number of benzene rings is 4. The van der Waals surface area contributed by atoms with E-state index in [1.54, 1.807) is 30.3 Å². The molecule has 1 saturated heterocycles. The molecular weight excluding hydrogens is 568 g/mol. The predicted octanol–water partition coefficient (Wildman–Crippen LogP) is 5.01. The molecule has 8 nitrogen and oxygen atoms in total. The van der Waals surface area contributed by atoms with E-state index in [1.165, 1.54) is 0 Å². The van der Waals surface area contributed by atoms with Crippen molar-refractivity contribution in [3.63, 3.8) is 0 Å². The summed E-state index contributed by atoms with van der Waals surface area (Å²) in [4.78, 5) is 0. The number of rotatable bonds is 14. The summed E-state index contributed by atoms with van der Waals surface area (Å²) >= 11 is 0. The second kappa shape index (κ2) is 15.4. The van der Waals surface area contributed by atoms with Gasteiger partial charge in [-0.2, -0.15) is 8.42 Å². The molecule has 1 heterocycles. The highest BCUT2D eigenvalue weighted by molar-refractivity contribution is 7.85. The van der Waals surface area contributed by atoms with Crippen molar-refractivity contribution >= 4 is 10.1 Å². The van der Waals surface area contributed by atoms with Crippen molar-refractivity contribution in [3.05, 3.63) is 144 Å². The number of hydrogen-bond donors (Lipinski definition) is 1. The molecule has 0 aromatic heterocycles. The van der Waals surface area contributed by atoms with Gasteiger partial charge < -0.3 is 24.1 Å². The second-order valence-electron chi connectivity index (χ2n) is 10.2. The van der Waals surface area contributed by atoms with Crippen LogP contribution >= 0.6 is 0 Å². The maximum atomic E-state index is 13.0. The number of aliphatic hydroxyl groups excluding tert-OH is 1. The molecule has 9 heteroatoms. The standard InChI is InChI=1S/C34H36O8S/c35-34-33(40-23-28-17-9-3-10-18-28)32(39-22-27-15-7-2-8-16-27)31(38-21-26-13-5-1-6-14-26)30(42-34)24-41-43(36,37)25-29-19-11-4-12-20-29/h1-20,30-35H,21-25H2/t30-,31-,32+,33-,34?/m1/s1/i25D/t25?,30-,31-,32+,33-,34?. The van der Waals surface area contributed by atoms with E-state index in [1.807, 2.05) is 91.0 Å². The lowest BCUT2D eigenvalue weighted by Gasteiger charge is -2.44. The van der Waals surface area contributed by atoms with Crippen molar-refractivity contribution in [2.45, 2.75) is 56.3 Å². The average molecular weight is 606 g/mol. The fourth-order valence-corrected chi connectivity index (χ4v) is 5.67. The summed E-state index contributed by atoms with van der Waals surface area (Å²) in [7, 11) is -4.38. The molecule has 226 valence electrons. The molecule has 0 spiro atoms. The van der Waals surface area contributed by atoms with Gasteiger partial charge >= 0.3 is 0 Å². The van der Waals surface area contributed by atoms with Crippen LogP contribution < -0.4 is 0 Å². The summed E-state index contributed by atoms with van der Waals surface area (Å²) in [6, 6.07) is 36.7. The molecule has 5 rings (SSSR count). The molecular formula is C34H36O8S. The maximum absolute atomic E-state index is 13.0. The normalized spacial score (nSPS) is 23.4. The lowest BCUT2D eigenvalue weighted by atomic mass is 9.98. The fourth-order valence-electron chi connectivity index (χ4n) is 4.79. The second-order valence-corrected chi connectivity index (χ2v) is 11.6. The first-order chi connectivity index (χ1) is 21.4. The van der Waals surface area contributed by atoms with E-state index in [2.05, 4.69) is 0 Å². The Hall–Kier alpha value is -3.41. The quantitative estimate of drug-likeness (QED) is 0.200. The van der Waals surface area contributed by atoms with Crippen LogP contribution in [0.2, 0.25) is 0 Å². The van der Waals surface area contributed by atoms with Crippen molar-refractivity contribution in [2.75, 3.05) is 6.61 Å². The summed E-state index contributed by atoms with van der Waals surface area (Å²) in [6.07, 6.45) is -5.29. The van der Waals surface area contributed by atoms with Crippen LogP contribution in [0.3, 0.4) is 0 Å². The van der Waals surface area contributed by atoms with Gasteiger partial charge in [0.2, 0.25) is 0 Å². The SMILES string of the molecule is [2H]C(c1ccccc1)S(=O)(=O)OC[C@H]1OC(O)[C@H](OCc2ccccc2)[C@@H](OCc2ccccc2)[C@@H]1OCc1ccccc1. The zero-order chi connectivity index (χ0) is 30.8. The van der Waals surface area contributed by atoms with Gasteiger partial charge in [0, 0.05) is 0 Å². The summed E-state index contributed by atoms with van der Waals surface area (Å²) in [6.45, 7) is 0.0204. The van der Waals surface area contributed by atoms with Crippen molar-refractivity contribution in [3.8, 4) is 0 Å². The van der Waals surface area contributed by atoms with Crippen molar-refractivity contribution in [2.24, 2.45) is 0 Å². The third-order valence-corrected chi connectivity index (χ3v) is 7.97. The minimum atomic E-state index is -4.38. The molecule has 1 aliphatic heterocycles. The number of aliphatic hydroxyl groups is 1. The first kappa shape index (κ1) is 29.7. The van der Waals surface area contributed by atoms with Crippen LogP contribution in [-0.2, 0) is 58.8 Å². The Kier molecular flexibility index (Phi) is 10.6. The molecule has 43 heavy (non-hydrogen) atoms. The number of ether oxygens (including phenoxy) is 4. The summed E-state index contributed by atoms with van der Waals surface area (Å²) in [5, 5.41) is 11.2. The van der Waals surface area contributed by atoms with E-state index in [0.717, 1.165) is 16.7 Å². The van der Waals surface area contributed by atoms with E-state index < -0.39 is 53.2 Å². The zero-order valence-corrected chi connectivity index (χ0v) is 24.4. The van der Waals surface area contributed by atoms with Gasteiger partial charge in [-0.3, -0.25) is 4.18 Å². The Morgan fingerprint density at radius 1 is 0.605 bits per heavy atom. The van der Waals surface area contributed by atoms with Crippen LogP contribution in [0.1, 0.15) is 23.6 Å². The molecule has 1 fully saturated rings. The van der Waals surface area contributed by atoms with Crippen LogP contribution in [-0.4, -0.2) is 50.8 Å². The lowest BCUT2D eigenvalue weighted by molar-refractivity contribution is -0.314. The van der Waals surface area contributed by atoms with E-state index in [0.29, 0.717) is 0 Å². The zero-order valence-electron chi connectivity index (χ0n) is 24.6. The monoisotopic (exact) mass is 605 g/mol. The predicted molar refractivity (Wildman–Crippen MR) is 161 cm³/mol. The molecule has 6 atom stereocenters. The minimum Gasteiger partial charge on any atom is -0.368 e. The summed E-state index contributed by atoms with van der Waals surface area (Å²) < 4.78 is 64.6. The molecule has 0 saturated carbocycles. The van der Waals surface area contributed by atoms with Gasteiger partial charge in [-0.15, -0.1) is 0 Å². The third kappa shape index (κ3) is 9.29. The third-order valence-electron chi connectivity index (χ3n) is 6.94. The topological polar surface area (TPSA) is 101 Å². The van der Waals surface area contributed by atoms with Crippen LogP contribution in [0.5, 0.6) is 0 Å². The van der Waals surface area contributed by atoms with Crippen LogP contribution in [0.25, 0.3) is 0 Å². The van der Waals surface area contributed by atoms with Crippen LogP contribution in [0.15, 0.2) is 121 Å². The molecule has 0 aliphatic carbocycles. The highest BCUT2D eigenvalue weighted by Gasteiger charge is 2.48. The van der Waals surface area contributed by atoms with Gasteiger partial charge in [0.25, 0.3) is 10.1 Å². The molecule has 4 aromatic carbocycles. The summed E-state index contributed by atoms with van der Waals surface area (Å²) in [5.41, 5.74) is 1.28. The Labute approximate surface area is 254 Å². The fraction of sp³-hybridized carbons (Fsp3) is 0.294. The molecule has 2 unspecified atom stereocenters. The van der Waals surface area contributed by atoms with E-state index >= 15 is 0 Å². The molecule has 0 amide bonds. The Bertz CT molecular complexity index is 1510. The van der Waals surface area contributed by atoms with Gasteiger partial charge in [0.1, 0.15) is 30.1 Å². The molecule has 1 aliphatic rings. The Morgan fingerprint density at radius 2 is 1.00 bits per heavy atom. The van der Waals surface area contributed by atoms with E-state index in [4.69, 9.17) is 24.5 Å². The molecule has 0 radical (unpaired) electrons.